The second-order valence-electron chi connectivity index (χ2n) is 4.88. The van der Waals surface area contributed by atoms with E-state index in [1.807, 2.05) is 12.1 Å². The molecule has 0 amide bonds. The maximum absolute atomic E-state index is 10.9. The number of benzene rings is 2. The van der Waals surface area contributed by atoms with E-state index in [9.17, 15) is 9.90 Å². The van der Waals surface area contributed by atoms with Crippen LogP contribution < -0.4 is 10.5 Å². The van der Waals surface area contributed by atoms with Crippen molar-refractivity contribution in [3.63, 3.8) is 0 Å². The smallest absolute Gasteiger partial charge is 0.320 e. The Hall–Kier alpha value is 0.740. The SMILES string of the molecule is NC(Cc1cc(I)c(Oc2cc(I)c(O)c(I)c2)c(I)c1)C(=O)O.S. The lowest BCUT2D eigenvalue weighted by Crippen LogP contribution is -2.32. The molecule has 0 saturated heterocycles. The lowest BCUT2D eigenvalue weighted by Gasteiger charge is -2.14. The highest BCUT2D eigenvalue weighted by Crippen LogP contribution is 2.36. The summed E-state index contributed by atoms with van der Waals surface area (Å²) in [6.07, 6.45) is 0.261. The Morgan fingerprint density at radius 1 is 1.04 bits per heavy atom. The van der Waals surface area contributed by atoms with Gasteiger partial charge >= 0.3 is 5.97 Å². The van der Waals surface area contributed by atoms with Gasteiger partial charge in [0.1, 0.15) is 17.5 Å². The number of rotatable bonds is 5. The topological polar surface area (TPSA) is 92.8 Å². The molecule has 1 atom stereocenters. The van der Waals surface area contributed by atoms with Crippen LogP contribution in [0.4, 0.5) is 0 Å². The maximum atomic E-state index is 10.9. The molecule has 0 saturated carbocycles. The quantitative estimate of drug-likeness (QED) is 0.383. The molecule has 1 unspecified atom stereocenters. The Kier molecular flexibility index (Phi) is 9.83. The van der Waals surface area contributed by atoms with E-state index in [1.165, 1.54) is 0 Å². The number of aromatic hydroxyl groups is 1. The van der Waals surface area contributed by atoms with Gasteiger partial charge in [-0.1, -0.05) is 0 Å². The first-order valence-corrected chi connectivity index (χ1v) is 10.8. The zero-order valence-corrected chi connectivity index (χ0v) is 22.0. The zero-order valence-electron chi connectivity index (χ0n) is 12.4. The lowest BCUT2D eigenvalue weighted by atomic mass is 10.1. The van der Waals surface area contributed by atoms with Crippen LogP contribution >= 0.6 is 104 Å². The van der Waals surface area contributed by atoms with Crippen molar-refractivity contribution in [2.45, 2.75) is 12.5 Å². The van der Waals surface area contributed by atoms with Gasteiger partial charge in [0.25, 0.3) is 0 Å². The summed E-state index contributed by atoms with van der Waals surface area (Å²) < 4.78 is 9.14. The van der Waals surface area contributed by atoms with Crippen LogP contribution in [0.2, 0.25) is 0 Å². The average molecular weight is 811 g/mol. The van der Waals surface area contributed by atoms with Gasteiger partial charge in [-0.15, -0.1) is 0 Å². The predicted molar refractivity (Wildman–Crippen MR) is 135 cm³/mol. The van der Waals surface area contributed by atoms with E-state index in [2.05, 4.69) is 90.4 Å². The van der Waals surface area contributed by atoms with Crippen LogP contribution in [-0.2, 0) is 11.2 Å². The summed E-state index contributed by atoms with van der Waals surface area (Å²) >= 11 is 8.42. The van der Waals surface area contributed by atoms with Crippen LogP contribution in [0.1, 0.15) is 5.56 Å². The van der Waals surface area contributed by atoms with Crippen LogP contribution in [0.3, 0.4) is 0 Å². The minimum atomic E-state index is -1.02. The summed E-state index contributed by atoms with van der Waals surface area (Å²) in [5.74, 6) is 0.549. The molecule has 0 aliphatic rings. The first-order valence-electron chi connectivity index (χ1n) is 6.51. The molecular formula is C15H13I4NO4S. The van der Waals surface area contributed by atoms with E-state index in [0.717, 1.165) is 12.7 Å². The highest BCUT2D eigenvalue weighted by atomic mass is 127. The molecule has 0 fully saturated rings. The van der Waals surface area contributed by atoms with Crippen molar-refractivity contribution >= 4 is 110 Å². The molecule has 4 N–H and O–H groups in total. The van der Waals surface area contributed by atoms with E-state index < -0.39 is 12.0 Å². The number of phenols is 1. The molecule has 25 heavy (non-hydrogen) atoms. The number of carboxylic acid groups (broad SMARTS) is 1. The number of halogens is 4. The van der Waals surface area contributed by atoms with Gasteiger partial charge in [0.15, 0.2) is 5.75 Å². The maximum Gasteiger partial charge on any atom is 0.320 e. The molecule has 0 bridgehead atoms. The predicted octanol–water partition coefficient (Wildman–Crippen LogP) is 4.67. The normalized spacial score (nSPS) is 11.6. The van der Waals surface area contributed by atoms with Gasteiger partial charge < -0.3 is 20.7 Å². The molecule has 0 aromatic heterocycles. The number of carboxylic acids is 1. The summed E-state index contributed by atoms with van der Waals surface area (Å²) in [5.41, 5.74) is 6.44. The molecule has 0 aliphatic heterocycles. The zero-order chi connectivity index (χ0) is 18.0. The van der Waals surface area contributed by atoms with Gasteiger partial charge in [0, 0.05) is 0 Å². The molecule has 2 aromatic carbocycles. The molecule has 5 nitrogen and oxygen atoms in total. The van der Waals surface area contributed by atoms with E-state index in [-0.39, 0.29) is 25.7 Å². The van der Waals surface area contributed by atoms with Crippen molar-refractivity contribution in [3.8, 4) is 17.2 Å². The molecule has 0 aliphatic carbocycles. The fourth-order valence-corrected chi connectivity index (χ4v) is 5.72. The van der Waals surface area contributed by atoms with Crippen molar-refractivity contribution in [2.24, 2.45) is 5.73 Å². The number of aliphatic carboxylic acids is 1. The Morgan fingerprint density at radius 3 is 1.96 bits per heavy atom. The Balaban J connectivity index is 0.00000312. The number of nitrogens with two attached hydrogens (primary N) is 1. The van der Waals surface area contributed by atoms with E-state index in [0.29, 0.717) is 18.6 Å². The third-order valence-electron chi connectivity index (χ3n) is 3.04. The van der Waals surface area contributed by atoms with Gasteiger partial charge in [-0.25, -0.2) is 0 Å². The Bertz CT molecular complexity index is 757. The monoisotopic (exact) mass is 811 g/mol. The standard InChI is InChI=1S/C15H11I4NO4.H2S/c16-8-4-7(5-9(17)13(8)21)24-14-10(18)1-6(2-11(14)19)3-12(20)15(22)23;/h1-2,4-5,12,21H,3,20H2,(H,22,23);1H2. The number of hydrogen-bond donors (Lipinski definition) is 3. The number of ether oxygens (including phenoxy) is 1. The summed E-state index contributed by atoms with van der Waals surface area (Å²) in [7, 11) is 0. The van der Waals surface area contributed by atoms with Gasteiger partial charge in [-0.2, -0.15) is 13.5 Å². The third kappa shape index (κ3) is 6.39. The van der Waals surface area contributed by atoms with Crippen molar-refractivity contribution in [1.82, 2.24) is 0 Å². The Labute approximate surface area is 206 Å². The van der Waals surface area contributed by atoms with E-state index >= 15 is 0 Å². The third-order valence-corrected chi connectivity index (χ3v) is 6.29. The summed E-state index contributed by atoms with van der Waals surface area (Å²) in [6, 6.07) is 6.34. The molecule has 0 radical (unpaired) electrons. The highest BCUT2D eigenvalue weighted by molar-refractivity contribution is 14.1. The van der Waals surface area contributed by atoms with Crippen LogP contribution in [0.15, 0.2) is 24.3 Å². The van der Waals surface area contributed by atoms with Gasteiger partial charge in [0.05, 0.1) is 14.3 Å². The van der Waals surface area contributed by atoms with Crippen molar-refractivity contribution in [1.29, 1.82) is 0 Å². The van der Waals surface area contributed by atoms with Gasteiger partial charge in [-0.05, 0) is 127 Å². The number of phenolic OH excluding ortho intramolecular Hbond substituents is 1. The Morgan fingerprint density at radius 2 is 1.52 bits per heavy atom. The van der Waals surface area contributed by atoms with E-state index in [4.69, 9.17) is 15.6 Å². The summed E-state index contributed by atoms with van der Waals surface area (Å²) in [5, 5.41) is 18.8. The number of carbonyl (C=O) groups is 1. The van der Waals surface area contributed by atoms with Crippen LogP contribution in [-0.4, -0.2) is 22.2 Å². The van der Waals surface area contributed by atoms with Crippen LogP contribution in [0, 0.1) is 14.3 Å². The second kappa shape index (κ2) is 10.3. The first-order chi connectivity index (χ1) is 11.2. The lowest BCUT2D eigenvalue weighted by molar-refractivity contribution is -0.138. The first kappa shape index (κ1) is 23.8. The van der Waals surface area contributed by atoms with Gasteiger partial charge in [0.2, 0.25) is 0 Å². The second-order valence-corrected chi connectivity index (χ2v) is 9.52. The minimum Gasteiger partial charge on any atom is -0.506 e. The van der Waals surface area contributed by atoms with Crippen molar-refractivity contribution in [2.75, 3.05) is 0 Å². The molecule has 2 rings (SSSR count). The van der Waals surface area contributed by atoms with Crippen LogP contribution in [0.5, 0.6) is 17.2 Å². The largest absolute Gasteiger partial charge is 0.506 e. The number of hydrogen-bond acceptors (Lipinski definition) is 4. The molecule has 136 valence electrons. The fraction of sp³-hybridized carbons (Fsp3) is 0.133. The molecule has 10 heteroatoms. The molecular weight excluding hydrogens is 798 g/mol. The molecule has 2 aromatic rings. The summed E-state index contributed by atoms with van der Waals surface area (Å²) in [6.45, 7) is 0. The fourth-order valence-electron chi connectivity index (χ4n) is 1.89. The summed E-state index contributed by atoms with van der Waals surface area (Å²) in [4.78, 5) is 10.9. The van der Waals surface area contributed by atoms with E-state index in [1.54, 1.807) is 12.1 Å². The van der Waals surface area contributed by atoms with Crippen molar-refractivity contribution < 1.29 is 19.7 Å². The van der Waals surface area contributed by atoms with Gasteiger partial charge in [-0.3, -0.25) is 4.79 Å². The molecule has 0 heterocycles. The molecule has 0 spiro atoms. The van der Waals surface area contributed by atoms with Crippen molar-refractivity contribution in [3.05, 3.63) is 44.1 Å². The average Bonchev–Trinajstić information content (AvgIpc) is 2.48. The highest BCUT2D eigenvalue weighted by Gasteiger charge is 2.16. The van der Waals surface area contributed by atoms with Crippen LogP contribution in [0.25, 0.3) is 0 Å². The minimum absolute atomic E-state index is 0.